The lowest BCUT2D eigenvalue weighted by molar-refractivity contribution is -0.121. The highest BCUT2D eigenvalue weighted by Gasteiger charge is 2.09. The van der Waals surface area contributed by atoms with Crippen molar-refractivity contribution in [3.63, 3.8) is 0 Å². The Bertz CT molecular complexity index is 382. The zero-order valence-electron chi connectivity index (χ0n) is 14.9. The molecule has 1 N–H and O–H groups in total. The lowest BCUT2D eigenvalue weighted by Gasteiger charge is -2.05. The number of amides is 1. The van der Waals surface area contributed by atoms with Crippen LogP contribution in [0.3, 0.4) is 0 Å². The van der Waals surface area contributed by atoms with Crippen LogP contribution in [0.15, 0.2) is 0 Å². The number of hydrogen-bond acceptors (Lipinski definition) is 4. The standard InChI is InChI=1S/C17H35NO4S/c1-3-4-5-6-7-8-9-10-11-12-13-14-17(19)18-15-16-23(20,21)22-2/h3-16H2,1-2H3,(H,18,19). The molecule has 0 aliphatic rings. The van der Waals surface area contributed by atoms with Crippen LogP contribution in [0, 0.1) is 0 Å². The Labute approximate surface area is 142 Å². The van der Waals surface area contributed by atoms with Gasteiger partial charge in [0.25, 0.3) is 10.1 Å². The summed E-state index contributed by atoms with van der Waals surface area (Å²) in [5.74, 6) is -0.250. The fraction of sp³-hybridized carbons (Fsp3) is 0.941. The molecule has 0 saturated carbocycles. The minimum absolute atomic E-state index is 0.0766. The van der Waals surface area contributed by atoms with Gasteiger partial charge in [-0.05, 0) is 6.42 Å². The molecule has 0 heterocycles. The van der Waals surface area contributed by atoms with Gasteiger partial charge in [0.2, 0.25) is 5.91 Å². The van der Waals surface area contributed by atoms with E-state index in [1.165, 1.54) is 57.8 Å². The maximum Gasteiger partial charge on any atom is 0.268 e. The minimum atomic E-state index is -3.48. The van der Waals surface area contributed by atoms with Gasteiger partial charge in [0.05, 0.1) is 12.9 Å². The van der Waals surface area contributed by atoms with E-state index in [4.69, 9.17) is 0 Å². The normalized spacial score (nSPS) is 11.6. The summed E-state index contributed by atoms with van der Waals surface area (Å²) < 4.78 is 26.4. The Balaban J connectivity index is 3.30. The van der Waals surface area contributed by atoms with Gasteiger partial charge in [0.1, 0.15) is 0 Å². The highest BCUT2D eigenvalue weighted by molar-refractivity contribution is 7.86. The zero-order chi connectivity index (χ0) is 17.4. The van der Waals surface area contributed by atoms with E-state index in [2.05, 4.69) is 16.4 Å². The molecule has 0 aromatic heterocycles. The van der Waals surface area contributed by atoms with Crippen molar-refractivity contribution >= 4 is 16.0 Å². The molecule has 0 unspecified atom stereocenters. The number of rotatable bonds is 16. The van der Waals surface area contributed by atoms with Crippen molar-refractivity contribution in [2.24, 2.45) is 0 Å². The van der Waals surface area contributed by atoms with Crippen molar-refractivity contribution in [3.8, 4) is 0 Å². The van der Waals surface area contributed by atoms with Gasteiger partial charge in [-0.15, -0.1) is 0 Å². The predicted octanol–water partition coefficient (Wildman–Crippen LogP) is 3.78. The van der Waals surface area contributed by atoms with Gasteiger partial charge in [-0.25, -0.2) is 0 Å². The van der Waals surface area contributed by atoms with Crippen molar-refractivity contribution in [1.29, 1.82) is 0 Å². The number of carbonyl (C=O) groups is 1. The molecule has 138 valence electrons. The molecule has 0 radical (unpaired) electrons. The maximum absolute atomic E-state index is 11.5. The Hall–Kier alpha value is -0.620. The molecule has 0 spiro atoms. The lowest BCUT2D eigenvalue weighted by Crippen LogP contribution is -2.29. The first-order valence-corrected chi connectivity index (χ1v) is 10.6. The van der Waals surface area contributed by atoms with Crippen LogP contribution in [0.5, 0.6) is 0 Å². The average Bonchev–Trinajstić information content (AvgIpc) is 2.52. The van der Waals surface area contributed by atoms with Gasteiger partial charge in [-0.2, -0.15) is 8.42 Å². The van der Waals surface area contributed by atoms with E-state index in [-0.39, 0.29) is 18.2 Å². The number of carbonyl (C=O) groups excluding carboxylic acids is 1. The van der Waals surface area contributed by atoms with Crippen LogP contribution in [0.2, 0.25) is 0 Å². The first-order valence-electron chi connectivity index (χ1n) is 9.07. The highest BCUT2D eigenvalue weighted by atomic mass is 32.2. The fourth-order valence-electron chi connectivity index (χ4n) is 2.44. The Morgan fingerprint density at radius 3 is 1.83 bits per heavy atom. The average molecular weight is 350 g/mol. The van der Waals surface area contributed by atoms with E-state index in [0.717, 1.165) is 20.0 Å². The van der Waals surface area contributed by atoms with Gasteiger partial charge in [-0.3, -0.25) is 8.98 Å². The number of unbranched alkanes of at least 4 members (excludes halogenated alkanes) is 10. The summed E-state index contributed by atoms with van der Waals surface area (Å²) in [6.07, 6.45) is 14.2. The molecule has 0 saturated heterocycles. The molecule has 0 aliphatic carbocycles. The van der Waals surface area contributed by atoms with Crippen molar-refractivity contribution in [3.05, 3.63) is 0 Å². The molecule has 0 fully saturated rings. The first kappa shape index (κ1) is 22.4. The second-order valence-electron chi connectivity index (χ2n) is 6.06. The third-order valence-corrected chi connectivity index (χ3v) is 5.15. The molecule has 0 rings (SSSR count). The second kappa shape index (κ2) is 14.9. The fourth-order valence-corrected chi connectivity index (χ4v) is 2.96. The summed E-state index contributed by atoms with van der Waals surface area (Å²) in [4.78, 5) is 11.5. The van der Waals surface area contributed by atoms with E-state index >= 15 is 0 Å². The Morgan fingerprint density at radius 2 is 1.35 bits per heavy atom. The van der Waals surface area contributed by atoms with Gasteiger partial charge in [0.15, 0.2) is 0 Å². The summed E-state index contributed by atoms with van der Waals surface area (Å²) in [6.45, 7) is 2.36. The third kappa shape index (κ3) is 16.0. The molecular formula is C17H35NO4S. The zero-order valence-corrected chi connectivity index (χ0v) is 15.8. The lowest BCUT2D eigenvalue weighted by atomic mass is 10.1. The summed E-state index contributed by atoms with van der Waals surface area (Å²) >= 11 is 0. The summed E-state index contributed by atoms with van der Waals surface area (Å²) in [7, 11) is -2.35. The second-order valence-corrected chi connectivity index (χ2v) is 7.92. The van der Waals surface area contributed by atoms with Crippen LogP contribution in [0.1, 0.15) is 84.0 Å². The van der Waals surface area contributed by atoms with Crippen LogP contribution < -0.4 is 5.32 Å². The molecule has 0 aromatic carbocycles. The van der Waals surface area contributed by atoms with Gasteiger partial charge >= 0.3 is 0 Å². The van der Waals surface area contributed by atoms with Crippen molar-refractivity contribution in [2.75, 3.05) is 19.4 Å². The van der Waals surface area contributed by atoms with Gasteiger partial charge < -0.3 is 5.32 Å². The molecule has 6 heteroatoms. The topological polar surface area (TPSA) is 72.5 Å². The van der Waals surface area contributed by atoms with Crippen LogP contribution in [-0.2, 0) is 19.1 Å². The minimum Gasteiger partial charge on any atom is -0.355 e. The molecule has 0 atom stereocenters. The smallest absolute Gasteiger partial charge is 0.268 e. The van der Waals surface area contributed by atoms with E-state index in [9.17, 15) is 13.2 Å². The number of hydrogen-bond donors (Lipinski definition) is 1. The van der Waals surface area contributed by atoms with Crippen LogP contribution >= 0.6 is 0 Å². The van der Waals surface area contributed by atoms with E-state index in [1.54, 1.807) is 0 Å². The van der Waals surface area contributed by atoms with Crippen LogP contribution in [0.4, 0.5) is 0 Å². The monoisotopic (exact) mass is 349 g/mol. The van der Waals surface area contributed by atoms with Gasteiger partial charge in [-0.1, -0.05) is 71.1 Å². The quantitative estimate of drug-likeness (QED) is 0.340. The third-order valence-electron chi connectivity index (χ3n) is 3.94. The molecule has 1 amide bonds. The van der Waals surface area contributed by atoms with Crippen LogP contribution in [-0.4, -0.2) is 33.7 Å². The predicted molar refractivity (Wildman–Crippen MR) is 94.9 cm³/mol. The van der Waals surface area contributed by atoms with Crippen molar-refractivity contribution in [2.45, 2.75) is 84.0 Å². The maximum atomic E-state index is 11.5. The van der Waals surface area contributed by atoms with Crippen molar-refractivity contribution < 1.29 is 17.4 Å². The van der Waals surface area contributed by atoms with E-state index < -0.39 is 10.1 Å². The highest BCUT2D eigenvalue weighted by Crippen LogP contribution is 2.11. The van der Waals surface area contributed by atoms with E-state index in [0.29, 0.717) is 6.42 Å². The molecule has 0 bridgehead atoms. The molecule has 0 aliphatic heterocycles. The Kier molecular flexibility index (Phi) is 14.5. The van der Waals surface area contributed by atoms with Crippen LogP contribution in [0.25, 0.3) is 0 Å². The number of nitrogens with one attached hydrogen (secondary N) is 1. The van der Waals surface area contributed by atoms with Crippen molar-refractivity contribution in [1.82, 2.24) is 5.32 Å². The first-order chi connectivity index (χ1) is 11.0. The van der Waals surface area contributed by atoms with E-state index in [1.807, 2.05) is 0 Å². The molecular weight excluding hydrogens is 314 g/mol. The largest absolute Gasteiger partial charge is 0.355 e. The Morgan fingerprint density at radius 1 is 0.870 bits per heavy atom. The molecule has 0 aromatic rings. The van der Waals surface area contributed by atoms with Gasteiger partial charge in [0, 0.05) is 13.0 Å². The summed E-state index contributed by atoms with van der Waals surface area (Å²) in [5.41, 5.74) is 0. The summed E-state index contributed by atoms with van der Waals surface area (Å²) in [5, 5.41) is 2.61. The molecule has 23 heavy (non-hydrogen) atoms. The SMILES string of the molecule is CCCCCCCCCCCCCC(=O)NCCS(=O)(=O)OC. The summed E-state index contributed by atoms with van der Waals surface area (Å²) in [6, 6.07) is 0. The molecule has 5 nitrogen and oxygen atoms in total.